The summed E-state index contributed by atoms with van der Waals surface area (Å²) in [5.74, 6) is -0.488. The number of nitrogens with two attached hydrogens (primary N) is 1. The molecule has 88 valence electrons. The van der Waals surface area contributed by atoms with Crippen LogP contribution in [0.1, 0.15) is 36.7 Å². The molecular formula is C12H19N3O. The SMILES string of the molecule is CC.CNc1c(C(C)=N)cccc1C(N)=O. The van der Waals surface area contributed by atoms with E-state index in [4.69, 9.17) is 11.1 Å². The zero-order valence-corrected chi connectivity index (χ0v) is 10.2. The Balaban J connectivity index is 0.00000106. The lowest BCUT2D eigenvalue weighted by atomic mass is 10.0. The van der Waals surface area contributed by atoms with Crippen molar-refractivity contribution in [2.45, 2.75) is 20.8 Å². The van der Waals surface area contributed by atoms with E-state index in [1.807, 2.05) is 13.8 Å². The minimum absolute atomic E-state index is 0.400. The van der Waals surface area contributed by atoms with E-state index in [1.165, 1.54) is 0 Å². The summed E-state index contributed by atoms with van der Waals surface area (Å²) in [4.78, 5) is 11.1. The van der Waals surface area contributed by atoms with Gasteiger partial charge in [0.1, 0.15) is 0 Å². The van der Waals surface area contributed by atoms with Crippen LogP contribution in [0.3, 0.4) is 0 Å². The summed E-state index contributed by atoms with van der Waals surface area (Å²) >= 11 is 0. The molecule has 0 aliphatic heterocycles. The molecule has 0 aromatic heterocycles. The van der Waals surface area contributed by atoms with E-state index in [9.17, 15) is 4.79 Å². The molecule has 0 spiro atoms. The Kier molecular flexibility index (Phi) is 5.85. The highest BCUT2D eigenvalue weighted by atomic mass is 16.1. The van der Waals surface area contributed by atoms with E-state index < -0.39 is 5.91 Å². The Morgan fingerprint density at radius 1 is 1.31 bits per heavy atom. The summed E-state index contributed by atoms with van der Waals surface area (Å²) in [5.41, 5.74) is 7.34. The third-order valence-corrected chi connectivity index (χ3v) is 1.98. The minimum Gasteiger partial charge on any atom is -0.387 e. The van der Waals surface area contributed by atoms with Gasteiger partial charge in [-0.2, -0.15) is 0 Å². The molecule has 0 saturated heterocycles. The summed E-state index contributed by atoms with van der Waals surface area (Å²) in [6.45, 7) is 5.67. The second kappa shape index (κ2) is 6.61. The molecule has 4 nitrogen and oxygen atoms in total. The second-order valence-electron chi connectivity index (χ2n) is 2.97. The van der Waals surface area contributed by atoms with E-state index >= 15 is 0 Å². The molecule has 1 aromatic rings. The molecule has 0 heterocycles. The van der Waals surface area contributed by atoms with Gasteiger partial charge in [0, 0.05) is 18.3 Å². The molecule has 4 N–H and O–H groups in total. The molecular weight excluding hydrogens is 202 g/mol. The first kappa shape index (κ1) is 14.2. The Morgan fingerprint density at radius 2 is 1.81 bits per heavy atom. The molecule has 0 bridgehead atoms. The highest BCUT2D eigenvalue weighted by Crippen LogP contribution is 2.20. The Labute approximate surface area is 96.4 Å². The van der Waals surface area contributed by atoms with Crippen molar-refractivity contribution in [1.82, 2.24) is 0 Å². The van der Waals surface area contributed by atoms with Gasteiger partial charge in [0.2, 0.25) is 0 Å². The highest BCUT2D eigenvalue weighted by molar-refractivity contribution is 6.08. The van der Waals surface area contributed by atoms with Gasteiger partial charge in [-0.15, -0.1) is 0 Å². The molecule has 0 saturated carbocycles. The van der Waals surface area contributed by atoms with Crippen LogP contribution in [0.2, 0.25) is 0 Å². The molecule has 0 radical (unpaired) electrons. The van der Waals surface area contributed by atoms with Crippen LogP contribution in [0.5, 0.6) is 0 Å². The van der Waals surface area contributed by atoms with Crippen LogP contribution < -0.4 is 11.1 Å². The molecule has 0 unspecified atom stereocenters. The lowest BCUT2D eigenvalue weighted by Gasteiger charge is -2.11. The lowest BCUT2D eigenvalue weighted by molar-refractivity contribution is 0.100. The molecule has 4 heteroatoms. The maximum atomic E-state index is 11.1. The molecule has 0 aliphatic carbocycles. The van der Waals surface area contributed by atoms with E-state index in [0.29, 0.717) is 22.5 Å². The predicted molar refractivity (Wildman–Crippen MR) is 68.4 cm³/mol. The van der Waals surface area contributed by atoms with Gasteiger partial charge in [-0.3, -0.25) is 4.79 Å². The average molecular weight is 221 g/mol. The largest absolute Gasteiger partial charge is 0.387 e. The molecule has 1 rings (SSSR count). The summed E-state index contributed by atoms with van der Waals surface area (Å²) < 4.78 is 0. The van der Waals surface area contributed by atoms with E-state index in [2.05, 4.69) is 5.32 Å². The first-order chi connectivity index (χ1) is 7.57. The summed E-state index contributed by atoms with van der Waals surface area (Å²) in [6, 6.07) is 5.13. The molecule has 1 amide bonds. The van der Waals surface area contributed by atoms with Gasteiger partial charge in [-0.25, -0.2) is 0 Å². The zero-order valence-electron chi connectivity index (χ0n) is 10.2. The van der Waals surface area contributed by atoms with Crippen LogP contribution >= 0.6 is 0 Å². The van der Waals surface area contributed by atoms with Crippen molar-refractivity contribution >= 4 is 17.3 Å². The van der Waals surface area contributed by atoms with E-state index in [-0.39, 0.29) is 0 Å². The van der Waals surface area contributed by atoms with E-state index in [1.54, 1.807) is 32.2 Å². The Morgan fingerprint density at radius 3 is 2.19 bits per heavy atom. The third kappa shape index (κ3) is 3.08. The smallest absolute Gasteiger partial charge is 0.250 e. The van der Waals surface area contributed by atoms with Gasteiger partial charge in [0.15, 0.2) is 0 Å². The van der Waals surface area contributed by atoms with Gasteiger partial charge in [-0.05, 0) is 13.0 Å². The number of para-hydroxylation sites is 1. The Hall–Kier alpha value is -1.84. The van der Waals surface area contributed by atoms with Gasteiger partial charge in [0.05, 0.1) is 11.3 Å². The number of benzene rings is 1. The van der Waals surface area contributed by atoms with Crippen molar-refractivity contribution in [3.05, 3.63) is 29.3 Å². The maximum Gasteiger partial charge on any atom is 0.250 e. The number of hydrogen-bond acceptors (Lipinski definition) is 3. The van der Waals surface area contributed by atoms with Crippen molar-refractivity contribution < 1.29 is 4.79 Å². The van der Waals surface area contributed by atoms with Crippen LogP contribution in [0.25, 0.3) is 0 Å². The number of carbonyl (C=O) groups excluding carboxylic acids is 1. The first-order valence-electron chi connectivity index (χ1n) is 5.24. The number of anilines is 1. The van der Waals surface area contributed by atoms with Crippen molar-refractivity contribution in [1.29, 1.82) is 5.41 Å². The van der Waals surface area contributed by atoms with Crippen LogP contribution in [0, 0.1) is 5.41 Å². The van der Waals surface area contributed by atoms with Crippen molar-refractivity contribution in [3.8, 4) is 0 Å². The summed E-state index contributed by atoms with van der Waals surface area (Å²) in [5, 5.41) is 10.4. The predicted octanol–water partition coefficient (Wildman–Crippen LogP) is 2.24. The van der Waals surface area contributed by atoms with Crippen LogP contribution in [0.4, 0.5) is 5.69 Å². The molecule has 16 heavy (non-hydrogen) atoms. The number of amides is 1. The topological polar surface area (TPSA) is 79.0 Å². The summed E-state index contributed by atoms with van der Waals surface area (Å²) in [7, 11) is 1.70. The lowest BCUT2D eigenvalue weighted by Crippen LogP contribution is -2.15. The highest BCUT2D eigenvalue weighted by Gasteiger charge is 2.11. The van der Waals surface area contributed by atoms with Crippen LogP contribution in [0.15, 0.2) is 18.2 Å². The number of carbonyl (C=O) groups is 1. The number of nitrogens with one attached hydrogen (secondary N) is 2. The van der Waals surface area contributed by atoms with Crippen molar-refractivity contribution in [3.63, 3.8) is 0 Å². The number of hydrogen-bond donors (Lipinski definition) is 3. The van der Waals surface area contributed by atoms with Crippen LogP contribution in [-0.2, 0) is 0 Å². The van der Waals surface area contributed by atoms with E-state index in [0.717, 1.165) is 0 Å². The number of rotatable bonds is 3. The number of primary amides is 1. The fourth-order valence-corrected chi connectivity index (χ4v) is 1.34. The third-order valence-electron chi connectivity index (χ3n) is 1.98. The summed E-state index contributed by atoms with van der Waals surface area (Å²) in [6.07, 6.45) is 0. The molecule has 1 aromatic carbocycles. The van der Waals surface area contributed by atoms with Gasteiger partial charge in [0.25, 0.3) is 5.91 Å². The van der Waals surface area contributed by atoms with Gasteiger partial charge < -0.3 is 16.5 Å². The Bertz CT molecular complexity index is 354. The second-order valence-corrected chi connectivity index (χ2v) is 2.97. The zero-order chi connectivity index (χ0) is 12.7. The normalized spacial score (nSPS) is 8.75. The van der Waals surface area contributed by atoms with Crippen molar-refractivity contribution in [2.75, 3.05) is 12.4 Å². The average Bonchev–Trinajstić information content (AvgIpc) is 2.30. The fraction of sp³-hybridized carbons (Fsp3) is 0.333. The standard InChI is InChI=1S/C10H13N3O.C2H6/c1-6(11)7-4-3-5-8(10(12)14)9(7)13-2;1-2/h3-5,11,13H,1-2H3,(H2,12,14);1-2H3. The molecule has 0 atom stereocenters. The molecule has 0 aliphatic rings. The van der Waals surface area contributed by atoms with Gasteiger partial charge in [-0.1, -0.05) is 26.0 Å². The monoisotopic (exact) mass is 221 g/mol. The molecule has 0 fully saturated rings. The van der Waals surface area contributed by atoms with Crippen LogP contribution in [-0.4, -0.2) is 18.7 Å². The maximum absolute atomic E-state index is 11.1. The van der Waals surface area contributed by atoms with Crippen molar-refractivity contribution in [2.24, 2.45) is 5.73 Å². The quantitative estimate of drug-likeness (QED) is 0.684. The fourth-order valence-electron chi connectivity index (χ4n) is 1.34. The minimum atomic E-state index is -0.488. The first-order valence-corrected chi connectivity index (χ1v) is 5.24. The van der Waals surface area contributed by atoms with Gasteiger partial charge >= 0.3 is 0 Å².